The van der Waals surface area contributed by atoms with Gasteiger partial charge < -0.3 is 4.57 Å². The van der Waals surface area contributed by atoms with Crippen LogP contribution in [-0.2, 0) is 13.0 Å². The van der Waals surface area contributed by atoms with E-state index in [9.17, 15) is 0 Å². The largest absolute Gasteiger partial charge is 0.331 e. The molecule has 0 amide bonds. The minimum Gasteiger partial charge on any atom is -0.331 e. The normalized spacial score (nSPS) is 10.5. The maximum Gasteiger partial charge on any atom is 0.113 e. The summed E-state index contributed by atoms with van der Waals surface area (Å²) in [7, 11) is 0. The van der Waals surface area contributed by atoms with Gasteiger partial charge in [0.25, 0.3) is 0 Å². The van der Waals surface area contributed by atoms with Gasteiger partial charge in [-0.2, -0.15) is 0 Å². The van der Waals surface area contributed by atoms with Crippen molar-refractivity contribution in [2.24, 2.45) is 0 Å². The Kier molecular flexibility index (Phi) is 2.40. The fourth-order valence-corrected chi connectivity index (χ4v) is 2.01. The summed E-state index contributed by atoms with van der Waals surface area (Å²) in [6, 6.07) is 0. The fraction of sp³-hybridized carbons (Fsp3) is 0.333. The fourth-order valence-electron chi connectivity index (χ4n) is 1.12. The summed E-state index contributed by atoms with van der Waals surface area (Å²) in [5, 5.41) is 3.27. The van der Waals surface area contributed by atoms with Crippen LogP contribution < -0.4 is 0 Å². The van der Waals surface area contributed by atoms with Gasteiger partial charge in [-0.25, -0.2) is 9.97 Å². The lowest BCUT2D eigenvalue weighted by atomic mass is 10.4. The molecule has 4 heteroatoms. The highest BCUT2D eigenvalue weighted by atomic mass is 32.1. The van der Waals surface area contributed by atoms with E-state index in [4.69, 9.17) is 0 Å². The van der Waals surface area contributed by atoms with Gasteiger partial charge in [-0.05, 0) is 6.42 Å². The van der Waals surface area contributed by atoms with E-state index in [0.29, 0.717) is 0 Å². The highest BCUT2D eigenvalue weighted by Crippen LogP contribution is 2.11. The Hall–Kier alpha value is -1.16. The molecule has 13 heavy (non-hydrogen) atoms. The smallest absolute Gasteiger partial charge is 0.113 e. The van der Waals surface area contributed by atoms with Gasteiger partial charge in [-0.15, -0.1) is 11.3 Å². The van der Waals surface area contributed by atoms with Crippen LogP contribution in [-0.4, -0.2) is 14.5 Å². The molecule has 0 aliphatic heterocycles. The van der Waals surface area contributed by atoms with Crippen LogP contribution in [0.15, 0.2) is 24.1 Å². The molecular weight excluding hydrogens is 182 g/mol. The summed E-state index contributed by atoms with van der Waals surface area (Å²) in [4.78, 5) is 8.46. The summed E-state index contributed by atoms with van der Waals surface area (Å²) in [6.07, 6.45) is 6.56. The van der Waals surface area contributed by atoms with Crippen molar-refractivity contribution in [3.63, 3.8) is 0 Å². The summed E-state index contributed by atoms with van der Waals surface area (Å²) in [5.74, 6) is 0. The number of aryl methyl sites for hydroxylation is 1. The van der Waals surface area contributed by atoms with Crippen LogP contribution in [0.3, 0.4) is 0 Å². The first-order valence-electron chi connectivity index (χ1n) is 4.27. The summed E-state index contributed by atoms with van der Waals surface area (Å²) in [5.41, 5.74) is 1.18. The van der Waals surface area contributed by atoms with Gasteiger partial charge in [0, 0.05) is 17.8 Å². The Labute approximate surface area is 81.1 Å². The molecule has 0 aliphatic rings. The number of imidazole rings is 1. The van der Waals surface area contributed by atoms with Gasteiger partial charge in [0.05, 0.1) is 18.6 Å². The Morgan fingerprint density at radius 2 is 2.46 bits per heavy atom. The van der Waals surface area contributed by atoms with Crippen molar-refractivity contribution in [1.29, 1.82) is 0 Å². The highest BCUT2D eigenvalue weighted by molar-refractivity contribution is 7.09. The maximum atomic E-state index is 4.47. The SMILES string of the molecule is CCc1csc(Cn2ccnc2)n1. The van der Waals surface area contributed by atoms with E-state index in [-0.39, 0.29) is 0 Å². The van der Waals surface area contributed by atoms with E-state index in [1.807, 2.05) is 17.1 Å². The first-order chi connectivity index (χ1) is 6.38. The molecule has 0 aliphatic carbocycles. The number of rotatable bonds is 3. The van der Waals surface area contributed by atoms with Crippen molar-refractivity contribution < 1.29 is 0 Å². The first-order valence-corrected chi connectivity index (χ1v) is 5.15. The number of hydrogen-bond acceptors (Lipinski definition) is 3. The minimum absolute atomic E-state index is 0.838. The third-order valence-electron chi connectivity index (χ3n) is 1.84. The van der Waals surface area contributed by atoms with Crippen molar-refractivity contribution in [3.05, 3.63) is 34.8 Å². The van der Waals surface area contributed by atoms with Gasteiger partial charge in [0.2, 0.25) is 0 Å². The van der Waals surface area contributed by atoms with E-state index >= 15 is 0 Å². The molecule has 0 atom stereocenters. The lowest BCUT2D eigenvalue weighted by Gasteiger charge is -1.95. The topological polar surface area (TPSA) is 30.7 Å². The molecule has 0 fully saturated rings. The number of thiazole rings is 1. The molecule has 2 aromatic heterocycles. The van der Waals surface area contributed by atoms with Gasteiger partial charge in [-0.3, -0.25) is 0 Å². The van der Waals surface area contributed by atoms with E-state index in [0.717, 1.165) is 18.0 Å². The van der Waals surface area contributed by atoms with Crippen molar-refractivity contribution in [1.82, 2.24) is 14.5 Å². The second-order valence-electron chi connectivity index (χ2n) is 2.82. The zero-order chi connectivity index (χ0) is 9.10. The highest BCUT2D eigenvalue weighted by Gasteiger charge is 2.00. The van der Waals surface area contributed by atoms with E-state index in [1.54, 1.807) is 17.5 Å². The van der Waals surface area contributed by atoms with Crippen LogP contribution in [0.1, 0.15) is 17.6 Å². The Balaban J connectivity index is 2.10. The first kappa shape index (κ1) is 8.44. The molecule has 0 N–H and O–H groups in total. The van der Waals surface area contributed by atoms with Gasteiger partial charge in [-0.1, -0.05) is 6.92 Å². The summed E-state index contributed by atoms with van der Waals surface area (Å²) >= 11 is 1.71. The molecule has 0 radical (unpaired) electrons. The Morgan fingerprint density at radius 1 is 1.54 bits per heavy atom. The molecule has 0 spiro atoms. The lowest BCUT2D eigenvalue weighted by Crippen LogP contribution is -1.95. The van der Waals surface area contributed by atoms with Crippen LogP contribution in [0.5, 0.6) is 0 Å². The van der Waals surface area contributed by atoms with E-state index < -0.39 is 0 Å². The predicted octanol–water partition coefficient (Wildman–Crippen LogP) is 1.95. The standard InChI is InChI=1S/C9H11N3S/c1-2-8-6-13-9(11-8)5-12-4-3-10-7-12/h3-4,6-7H,2,5H2,1H3. The predicted molar refractivity (Wildman–Crippen MR) is 52.8 cm³/mol. The summed E-state index contributed by atoms with van der Waals surface area (Å²) < 4.78 is 2.03. The zero-order valence-electron chi connectivity index (χ0n) is 7.47. The summed E-state index contributed by atoms with van der Waals surface area (Å²) in [6.45, 7) is 2.96. The van der Waals surface area contributed by atoms with Crippen LogP contribution >= 0.6 is 11.3 Å². The van der Waals surface area contributed by atoms with Crippen LogP contribution in [0, 0.1) is 0 Å². The maximum absolute atomic E-state index is 4.47. The van der Waals surface area contributed by atoms with Gasteiger partial charge >= 0.3 is 0 Å². The average molecular weight is 193 g/mol. The molecule has 68 valence electrons. The molecule has 2 rings (SSSR count). The Morgan fingerprint density at radius 3 is 3.08 bits per heavy atom. The van der Waals surface area contributed by atoms with Crippen LogP contribution in [0.25, 0.3) is 0 Å². The number of aromatic nitrogens is 3. The lowest BCUT2D eigenvalue weighted by molar-refractivity contribution is 0.785. The van der Waals surface area contributed by atoms with Crippen LogP contribution in [0.4, 0.5) is 0 Å². The molecule has 2 heterocycles. The molecule has 0 saturated heterocycles. The van der Waals surface area contributed by atoms with Crippen molar-refractivity contribution >= 4 is 11.3 Å². The van der Waals surface area contributed by atoms with Crippen molar-refractivity contribution in [2.75, 3.05) is 0 Å². The molecule has 2 aromatic rings. The molecule has 3 nitrogen and oxygen atoms in total. The average Bonchev–Trinajstić information content (AvgIpc) is 2.76. The van der Waals surface area contributed by atoms with E-state index in [2.05, 4.69) is 22.3 Å². The van der Waals surface area contributed by atoms with Crippen LogP contribution in [0.2, 0.25) is 0 Å². The monoisotopic (exact) mass is 193 g/mol. The second-order valence-corrected chi connectivity index (χ2v) is 3.76. The van der Waals surface area contributed by atoms with Crippen molar-refractivity contribution in [3.8, 4) is 0 Å². The third-order valence-corrected chi connectivity index (χ3v) is 2.72. The van der Waals surface area contributed by atoms with Gasteiger partial charge in [0.15, 0.2) is 0 Å². The van der Waals surface area contributed by atoms with Crippen molar-refractivity contribution in [2.45, 2.75) is 19.9 Å². The molecule has 0 bridgehead atoms. The van der Waals surface area contributed by atoms with Gasteiger partial charge in [0.1, 0.15) is 5.01 Å². The Bertz CT molecular complexity index is 364. The molecule has 0 unspecified atom stereocenters. The molecule has 0 saturated carbocycles. The quantitative estimate of drug-likeness (QED) is 0.746. The molecular formula is C9H11N3S. The van der Waals surface area contributed by atoms with E-state index in [1.165, 1.54) is 5.69 Å². The zero-order valence-corrected chi connectivity index (χ0v) is 8.29. The number of hydrogen-bond donors (Lipinski definition) is 0. The molecule has 0 aromatic carbocycles. The third kappa shape index (κ3) is 1.95. The second kappa shape index (κ2) is 3.70. The minimum atomic E-state index is 0.838. The number of nitrogens with zero attached hydrogens (tertiary/aromatic N) is 3.